The fraction of sp³-hybridized carbons (Fsp3) is 0.222. The van der Waals surface area contributed by atoms with E-state index in [-0.39, 0.29) is 5.91 Å². The van der Waals surface area contributed by atoms with Gasteiger partial charge in [0.2, 0.25) is 0 Å². The van der Waals surface area contributed by atoms with Crippen molar-refractivity contribution in [2.75, 3.05) is 14.1 Å². The van der Waals surface area contributed by atoms with Crippen LogP contribution in [0.25, 0.3) is 0 Å². The number of carbonyl (C=O) groups excluding carboxylic acids is 1. The van der Waals surface area contributed by atoms with Crippen LogP contribution in [0.5, 0.6) is 0 Å². The van der Waals surface area contributed by atoms with Gasteiger partial charge in [-0.05, 0) is 12.1 Å². The molecule has 0 spiro atoms. The first-order valence-corrected chi connectivity index (χ1v) is 3.68. The number of hydrogen-bond donors (Lipinski definition) is 0. The van der Waals surface area contributed by atoms with Crippen molar-refractivity contribution in [1.82, 2.24) is 10.4 Å². The molecule has 0 N–H and O–H groups in total. The molecule has 3 nitrogen and oxygen atoms in total. The van der Waals surface area contributed by atoms with Gasteiger partial charge in [-0.3, -0.25) is 4.79 Å². The Kier molecular flexibility index (Phi) is 2.82. The predicted molar refractivity (Wildman–Crippen MR) is 46.6 cm³/mol. The number of hydrogen-bond acceptors (Lipinski definition) is 2. The van der Waals surface area contributed by atoms with Crippen molar-refractivity contribution >= 4 is 5.91 Å². The summed E-state index contributed by atoms with van der Waals surface area (Å²) in [5.41, 5.74) is 4.36. The van der Waals surface area contributed by atoms with Crippen LogP contribution in [-0.4, -0.2) is 25.0 Å². The van der Waals surface area contributed by atoms with Gasteiger partial charge in [-0.1, -0.05) is 18.2 Å². The molecule has 0 saturated carbocycles. The van der Waals surface area contributed by atoms with Crippen LogP contribution in [0.1, 0.15) is 10.4 Å². The standard InChI is InChI=1S/C9H11N2O/c1-11(2)10-9(12)8-6-4-3-5-7-8/h3-7H,1-2H3. The summed E-state index contributed by atoms with van der Waals surface area (Å²) in [4.78, 5) is 11.2. The molecule has 1 aromatic rings. The van der Waals surface area contributed by atoms with Gasteiger partial charge in [-0.2, -0.15) is 5.43 Å². The Morgan fingerprint density at radius 1 is 1.25 bits per heavy atom. The number of amides is 1. The first-order chi connectivity index (χ1) is 5.70. The van der Waals surface area contributed by atoms with Gasteiger partial charge in [0.05, 0.1) is 0 Å². The molecule has 1 radical (unpaired) electrons. The summed E-state index contributed by atoms with van der Waals surface area (Å²) in [7, 11) is 3.45. The Balaban J connectivity index is 2.66. The van der Waals surface area contributed by atoms with E-state index in [2.05, 4.69) is 5.43 Å². The van der Waals surface area contributed by atoms with Crippen molar-refractivity contribution in [2.24, 2.45) is 0 Å². The maximum Gasteiger partial charge on any atom is 0.288 e. The molecule has 0 aliphatic rings. The van der Waals surface area contributed by atoms with Crippen LogP contribution < -0.4 is 5.43 Å². The van der Waals surface area contributed by atoms with E-state index in [1.54, 1.807) is 26.2 Å². The molecule has 12 heavy (non-hydrogen) atoms. The maximum atomic E-state index is 11.2. The highest BCUT2D eigenvalue weighted by molar-refractivity contribution is 5.93. The van der Waals surface area contributed by atoms with E-state index in [0.29, 0.717) is 5.56 Å². The molecule has 1 rings (SSSR count). The zero-order valence-electron chi connectivity index (χ0n) is 7.19. The summed E-state index contributed by atoms with van der Waals surface area (Å²) >= 11 is 0. The second-order valence-electron chi connectivity index (χ2n) is 2.62. The third-order valence-corrected chi connectivity index (χ3v) is 1.31. The third kappa shape index (κ3) is 2.36. The minimum absolute atomic E-state index is 0.208. The van der Waals surface area contributed by atoms with Crippen LogP contribution in [0.3, 0.4) is 0 Å². The molecule has 0 bridgehead atoms. The summed E-state index contributed by atoms with van der Waals surface area (Å²) in [6.45, 7) is 0. The van der Waals surface area contributed by atoms with Crippen LogP contribution in [0.2, 0.25) is 0 Å². The van der Waals surface area contributed by atoms with Gasteiger partial charge >= 0.3 is 0 Å². The predicted octanol–water partition coefficient (Wildman–Crippen LogP) is 0.908. The summed E-state index contributed by atoms with van der Waals surface area (Å²) in [5, 5.41) is 1.50. The SMILES string of the molecule is CN(C)[N]C(=O)c1ccccc1. The number of carbonyl (C=O) groups is 1. The van der Waals surface area contributed by atoms with E-state index >= 15 is 0 Å². The van der Waals surface area contributed by atoms with E-state index < -0.39 is 0 Å². The van der Waals surface area contributed by atoms with Crippen LogP contribution in [0.15, 0.2) is 30.3 Å². The maximum absolute atomic E-state index is 11.2. The van der Waals surface area contributed by atoms with Crippen molar-refractivity contribution in [3.63, 3.8) is 0 Å². The zero-order chi connectivity index (χ0) is 8.97. The van der Waals surface area contributed by atoms with Crippen molar-refractivity contribution in [3.05, 3.63) is 35.9 Å². The van der Waals surface area contributed by atoms with Crippen LogP contribution in [0, 0.1) is 0 Å². The van der Waals surface area contributed by atoms with E-state index in [1.165, 1.54) is 5.01 Å². The van der Waals surface area contributed by atoms with E-state index in [9.17, 15) is 4.79 Å². The molecule has 0 aromatic heterocycles. The molecule has 0 aliphatic carbocycles. The average molecular weight is 163 g/mol. The molecule has 0 heterocycles. The summed E-state index contributed by atoms with van der Waals surface area (Å²) in [5.74, 6) is -0.208. The number of nitrogens with zero attached hydrogens (tertiary/aromatic N) is 2. The van der Waals surface area contributed by atoms with Crippen molar-refractivity contribution in [2.45, 2.75) is 0 Å². The van der Waals surface area contributed by atoms with E-state index in [4.69, 9.17) is 0 Å². The van der Waals surface area contributed by atoms with E-state index in [0.717, 1.165) is 0 Å². The Hall–Kier alpha value is -1.35. The van der Waals surface area contributed by atoms with E-state index in [1.807, 2.05) is 18.2 Å². The van der Waals surface area contributed by atoms with Crippen molar-refractivity contribution in [1.29, 1.82) is 0 Å². The zero-order valence-corrected chi connectivity index (χ0v) is 7.19. The lowest BCUT2D eigenvalue weighted by Gasteiger charge is -2.06. The molecule has 0 fully saturated rings. The lowest BCUT2D eigenvalue weighted by molar-refractivity contribution is 0.0845. The molecule has 63 valence electrons. The smallest absolute Gasteiger partial charge is 0.266 e. The van der Waals surface area contributed by atoms with Crippen LogP contribution >= 0.6 is 0 Å². The van der Waals surface area contributed by atoms with Gasteiger partial charge in [-0.25, -0.2) is 5.01 Å². The van der Waals surface area contributed by atoms with Crippen molar-refractivity contribution < 1.29 is 4.79 Å². The van der Waals surface area contributed by atoms with Crippen LogP contribution in [-0.2, 0) is 0 Å². The fourth-order valence-electron chi connectivity index (χ4n) is 0.820. The normalized spacial score (nSPS) is 9.92. The minimum Gasteiger partial charge on any atom is -0.266 e. The molecule has 3 heteroatoms. The second kappa shape index (κ2) is 3.88. The first-order valence-electron chi connectivity index (χ1n) is 3.68. The van der Waals surface area contributed by atoms with Gasteiger partial charge in [-0.15, -0.1) is 0 Å². The summed E-state index contributed by atoms with van der Waals surface area (Å²) in [6, 6.07) is 8.99. The highest BCUT2D eigenvalue weighted by Crippen LogP contribution is 1.98. The van der Waals surface area contributed by atoms with Gasteiger partial charge in [0.1, 0.15) is 0 Å². The lowest BCUT2D eigenvalue weighted by atomic mass is 10.2. The molecule has 0 saturated heterocycles. The number of rotatable bonds is 2. The largest absolute Gasteiger partial charge is 0.288 e. The lowest BCUT2D eigenvalue weighted by Crippen LogP contribution is -2.28. The quantitative estimate of drug-likeness (QED) is 0.607. The second-order valence-corrected chi connectivity index (χ2v) is 2.62. The molecule has 1 amide bonds. The summed E-state index contributed by atoms with van der Waals surface area (Å²) < 4.78 is 0. The number of benzene rings is 1. The molecule has 0 unspecified atom stereocenters. The Morgan fingerprint density at radius 3 is 2.33 bits per heavy atom. The third-order valence-electron chi connectivity index (χ3n) is 1.31. The highest BCUT2D eigenvalue weighted by Gasteiger charge is 2.05. The average Bonchev–Trinajstić information content (AvgIpc) is 2.05. The Morgan fingerprint density at radius 2 is 1.83 bits per heavy atom. The molecular formula is C9H11N2O. The first kappa shape index (κ1) is 8.74. The van der Waals surface area contributed by atoms with Crippen molar-refractivity contribution in [3.8, 4) is 0 Å². The Bertz CT molecular complexity index is 256. The monoisotopic (exact) mass is 163 g/mol. The molecular weight excluding hydrogens is 152 g/mol. The van der Waals surface area contributed by atoms with Gasteiger partial charge in [0, 0.05) is 19.7 Å². The fourth-order valence-corrected chi connectivity index (χ4v) is 0.820. The van der Waals surface area contributed by atoms with Gasteiger partial charge in [0.15, 0.2) is 0 Å². The highest BCUT2D eigenvalue weighted by atomic mass is 16.2. The Labute approximate surface area is 72.0 Å². The topological polar surface area (TPSA) is 34.4 Å². The van der Waals surface area contributed by atoms with Gasteiger partial charge < -0.3 is 0 Å². The minimum atomic E-state index is -0.208. The molecule has 0 atom stereocenters. The molecule has 0 aliphatic heterocycles. The summed E-state index contributed by atoms with van der Waals surface area (Å²) in [6.07, 6.45) is 0. The molecule has 1 aromatic carbocycles. The van der Waals surface area contributed by atoms with Gasteiger partial charge in [0.25, 0.3) is 5.91 Å². The van der Waals surface area contributed by atoms with Crippen LogP contribution in [0.4, 0.5) is 0 Å².